The summed E-state index contributed by atoms with van der Waals surface area (Å²) < 4.78 is 38.2. The van der Waals surface area contributed by atoms with E-state index < -0.39 is 11.6 Å². The Morgan fingerprint density at radius 3 is 2.74 bits per heavy atom. The van der Waals surface area contributed by atoms with Crippen molar-refractivity contribution in [3.05, 3.63) is 59.2 Å². The summed E-state index contributed by atoms with van der Waals surface area (Å²) in [6.45, 7) is 1.92. The van der Waals surface area contributed by atoms with Gasteiger partial charge in [0.25, 0.3) is 0 Å². The normalized spacial score (nSPS) is 17.6. The number of halogens is 2. The quantitative estimate of drug-likeness (QED) is 0.714. The molecule has 0 radical (unpaired) electrons. The van der Waals surface area contributed by atoms with Crippen molar-refractivity contribution < 1.29 is 23.0 Å². The zero-order valence-electron chi connectivity index (χ0n) is 15.5. The Balaban J connectivity index is 1.75. The molecular weight excluding hydrogens is 352 g/mol. The number of nitrogens with zero attached hydrogens (tertiary/aromatic N) is 1. The molecule has 1 heterocycles. The average Bonchev–Trinajstić information content (AvgIpc) is 2.69. The molecule has 0 N–H and O–H groups in total. The summed E-state index contributed by atoms with van der Waals surface area (Å²) in [7, 11) is 3.18. The number of benzene rings is 2. The van der Waals surface area contributed by atoms with Crippen LogP contribution in [0.15, 0.2) is 36.4 Å². The van der Waals surface area contributed by atoms with Crippen LogP contribution >= 0.6 is 0 Å². The second kappa shape index (κ2) is 8.48. The van der Waals surface area contributed by atoms with E-state index in [0.717, 1.165) is 36.7 Å². The van der Waals surface area contributed by atoms with Gasteiger partial charge in [-0.2, -0.15) is 0 Å². The number of likely N-dealkylation sites (tertiary alicyclic amines) is 1. The van der Waals surface area contributed by atoms with Gasteiger partial charge in [0.05, 0.1) is 19.8 Å². The smallest absolute Gasteiger partial charge is 0.170 e. The van der Waals surface area contributed by atoms with Gasteiger partial charge in [-0.3, -0.25) is 9.69 Å². The van der Waals surface area contributed by atoms with Crippen LogP contribution in [0.3, 0.4) is 0 Å². The molecule has 1 aliphatic rings. The molecule has 0 aromatic heterocycles. The molecule has 144 valence electrons. The molecule has 2 aromatic rings. The van der Waals surface area contributed by atoms with E-state index in [9.17, 15) is 13.6 Å². The first-order valence-corrected chi connectivity index (χ1v) is 8.95. The largest absolute Gasteiger partial charge is 0.493 e. The van der Waals surface area contributed by atoms with Crippen molar-refractivity contribution in [2.45, 2.75) is 19.4 Å². The van der Waals surface area contributed by atoms with E-state index in [-0.39, 0.29) is 17.3 Å². The van der Waals surface area contributed by atoms with Crippen molar-refractivity contribution in [3.63, 3.8) is 0 Å². The summed E-state index contributed by atoms with van der Waals surface area (Å²) >= 11 is 0. The number of methoxy groups -OCH3 is 2. The van der Waals surface area contributed by atoms with Crippen molar-refractivity contribution in [1.29, 1.82) is 0 Å². The lowest BCUT2D eigenvalue weighted by Crippen LogP contribution is -2.38. The summed E-state index contributed by atoms with van der Waals surface area (Å²) in [5, 5.41) is 0. The number of ketones is 1. The summed E-state index contributed by atoms with van der Waals surface area (Å²) in [5.41, 5.74) is 0.794. The monoisotopic (exact) mass is 375 g/mol. The number of hydrogen-bond acceptors (Lipinski definition) is 4. The summed E-state index contributed by atoms with van der Waals surface area (Å²) in [6, 6.07) is 8.70. The van der Waals surface area contributed by atoms with E-state index in [1.807, 2.05) is 18.2 Å². The zero-order chi connectivity index (χ0) is 19.4. The lowest BCUT2D eigenvalue weighted by molar-refractivity contribution is 0.0806. The summed E-state index contributed by atoms with van der Waals surface area (Å²) in [6.07, 6.45) is 1.49. The van der Waals surface area contributed by atoms with Gasteiger partial charge in [0, 0.05) is 24.6 Å². The van der Waals surface area contributed by atoms with Crippen LogP contribution in [0.5, 0.6) is 11.5 Å². The molecule has 0 bridgehead atoms. The molecule has 1 fully saturated rings. The highest BCUT2D eigenvalue weighted by molar-refractivity contribution is 5.98. The molecule has 0 spiro atoms. The lowest BCUT2D eigenvalue weighted by Gasteiger charge is -2.32. The standard InChI is InChI=1S/C21H23F2NO3/c1-26-19-7-3-5-15(21(19)27-2)13-24-10-4-6-14(12-24)20(25)17-11-16(22)8-9-18(17)23/h3,5,7-9,11,14H,4,6,10,12-13H2,1-2H3/t14-/m1/s1. The van der Waals surface area contributed by atoms with Crippen LogP contribution in [0, 0.1) is 17.6 Å². The lowest BCUT2D eigenvalue weighted by atomic mass is 9.89. The maximum atomic E-state index is 14.0. The fourth-order valence-electron chi connectivity index (χ4n) is 3.64. The fraction of sp³-hybridized carbons (Fsp3) is 0.381. The summed E-state index contributed by atoms with van der Waals surface area (Å²) in [5.74, 6) is -0.645. The highest BCUT2D eigenvalue weighted by Crippen LogP contribution is 2.32. The molecule has 4 nitrogen and oxygen atoms in total. The predicted molar refractivity (Wildman–Crippen MR) is 98.2 cm³/mol. The van der Waals surface area contributed by atoms with Crippen molar-refractivity contribution in [3.8, 4) is 11.5 Å². The van der Waals surface area contributed by atoms with Crippen LogP contribution < -0.4 is 9.47 Å². The molecule has 0 saturated carbocycles. The average molecular weight is 375 g/mol. The van der Waals surface area contributed by atoms with Gasteiger partial charge in [0.15, 0.2) is 17.3 Å². The number of piperidine rings is 1. The Kier molecular flexibility index (Phi) is 6.06. The Morgan fingerprint density at radius 2 is 2.00 bits per heavy atom. The third-order valence-corrected chi connectivity index (χ3v) is 4.95. The highest BCUT2D eigenvalue weighted by Gasteiger charge is 2.29. The number of carbonyl (C=O) groups is 1. The van der Waals surface area contributed by atoms with Crippen molar-refractivity contribution in [2.24, 2.45) is 5.92 Å². The third-order valence-electron chi connectivity index (χ3n) is 4.95. The predicted octanol–water partition coefficient (Wildman–Crippen LogP) is 4.08. The topological polar surface area (TPSA) is 38.8 Å². The van der Waals surface area contributed by atoms with Gasteiger partial charge in [0.1, 0.15) is 11.6 Å². The minimum atomic E-state index is -0.673. The van der Waals surface area contributed by atoms with Crippen LogP contribution in [-0.2, 0) is 6.54 Å². The Bertz CT molecular complexity index is 825. The van der Waals surface area contributed by atoms with Gasteiger partial charge < -0.3 is 9.47 Å². The molecule has 0 unspecified atom stereocenters. The number of Topliss-reactive ketones (excluding diaryl/α,β-unsaturated/α-hetero) is 1. The Hall–Kier alpha value is -2.47. The number of hydrogen-bond donors (Lipinski definition) is 0. The van der Waals surface area contributed by atoms with Crippen molar-refractivity contribution >= 4 is 5.78 Å². The van der Waals surface area contributed by atoms with Gasteiger partial charge >= 0.3 is 0 Å². The first-order chi connectivity index (χ1) is 13.0. The molecule has 1 atom stereocenters. The van der Waals surface area contributed by atoms with Gasteiger partial charge in [-0.1, -0.05) is 12.1 Å². The summed E-state index contributed by atoms with van der Waals surface area (Å²) in [4.78, 5) is 14.9. The van der Waals surface area contributed by atoms with Crippen LogP contribution in [0.4, 0.5) is 8.78 Å². The molecule has 27 heavy (non-hydrogen) atoms. The highest BCUT2D eigenvalue weighted by atomic mass is 19.1. The van der Waals surface area contributed by atoms with Crippen molar-refractivity contribution in [2.75, 3.05) is 27.3 Å². The van der Waals surface area contributed by atoms with E-state index in [1.165, 1.54) is 0 Å². The molecule has 3 rings (SSSR count). The Labute approximate surface area is 157 Å². The first-order valence-electron chi connectivity index (χ1n) is 8.95. The number of ether oxygens (including phenoxy) is 2. The van der Waals surface area contributed by atoms with Crippen molar-refractivity contribution in [1.82, 2.24) is 4.90 Å². The van der Waals surface area contributed by atoms with Crippen LogP contribution in [0.1, 0.15) is 28.8 Å². The zero-order valence-corrected chi connectivity index (χ0v) is 15.5. The second-order valence-electron chi connectivity index (χ2n) is 6.72. The van der Waals surface area contributed by atoms with Gasteiger partial charge in [-0.05, 0) is 43.7 Å². The van der Waals surface area contributed by atoms with E-state index in [4.69, 9.17) is 9.47 Å². The minimum absolute atomic E-state index is 0.166. The first kappa shape index (κ1) is 19.3. The molecular formula is C21H23F2NO3. The third kappa shape index (κ3) is 4.27. The molecule has 1 saturated heterocycles. The van der Waals surface area contributed by atoms with Crippen LogP contribution in [-0.4, -0.2) is 38.0 Å². The molecule has 6 heteroatoms. The maximum Gasteiger partial charge on any atom is 0.170 e. The molecule has 2 aromatic carbocycles. The van der Waals surface area contributed by atoms with E-state index in [2.05, 4.69) is 4.90 Å². The molecule has 0 aliphatic carbocycles. The minimum Gasteiger partial charge on any atom is -0.493 e. The van der Waals surface area contributed by atoms with Crippen LogP contribution in [0.2, 0.25) is 0 Å². The van der Waals surface area contributed by atoms with E-state index >= 15 is 0 Å². The molecule has 1 aliphatic heterocycles. The second-order valence-corrected chi connectivity index (χ2v) is 6.72. The number of rotatable bonds is 6. The molecule has 0 amide bonds. The SMILES string of the molecule is COc1cccc(CN2CCC[C@@H](C(=O)c3cc(F)ccc3F)C2)c1OC. The van der Waals surface area contributed by atoms with Gasteiger partial charge in [0.2, 0.25) is 0 Å². The van der Waals surface area contributed by atoms with E-state index in [1.54, 1.807) is 14.2 Å². The number of carbonyl (C=O) groups excluding carboxylic acids is 1. The number of para-hydroxylation sites is 1. The Morgan fingerprint density at radius 1 is 1.19 bits per heavy atom. The maximum absolute atomic E-state index is 14.0. The fourth-order valence-corrected chi connectivity index (χ4v) is 3.64. The van der Waals surface area contributed by atoms with E-state index in [0.29, 0.717) is 31.0 Å². The van der Waals surface area contributed by atoms with Crippen LogP contribution in [0.25, 0.3) is 0 Å². The van der Waals surface area contributed by atoms with Gasteiger partial charge in [-0.25, -0.2) is 8.78 Å². The van der Waals surface area contributed by atoms with Gasteiger partial charge in [-0.15, -0.1) is 0 Å².